The molecule has 2 aliphatic rings. The fourth-order valence-electron chi connectivity index (χ4n) is 3.40. The van der Waals surface area contributed by atoms with Gasteiger partial charge in [0.2, 0.25) is 0 Å². The fraction of sp³-hybridized carbons (Fsp3) is 1.00. The van der Waals surface area contributed by atoms with Crippen molar-refractivity contribution in [1.82, 2.24) is 9.80 Å². The number of likely N-dealkylation sites (N-methyl/N-ethyl adjacent to an activating group) is 1. The number of hydrogen-bond acceptors (Lipinski definition) is 3. The average molecular weight is 240 g/mol. The van der Waals surface area contributed by atoms with Crippen LogP contribution in [0.15, 0.2) is 0 Å². The third kappa shape index (κ3) is 3.67. The highest BCUT2D eigenvalue weighted by Crippen LogP contribution is 2.29. The molecule has 0 aromatic rings. The van der Waals surface area contributed by atoms with Crippen LogP contribution in [-0.4, -0.2) is 59.8 Å². The van der Waals surface area contributed by atoms with Gasteiger partial charge in [-0.25, -0.2) is 0 Å². The summed E-state index contributed by atoms with van der Waals surface area (Å²) in [7, 11) is 2.20. The van der Waals surface area contributed by atoms with Gasteiger partial charge in [-0.15, -0.1) is 0 Å². The predicted octanol–water partition coefficient (Wildman–Crippen LogP) is 1.71. The third-order valence-corrected chi connectivity index (χ3v) is 4.47. The Morgan fingerprint density at radius 2 is 1.82 bits per heavy atom. The van der Waals surface area contributed by atoms with Crippen LogP contribution in [0.1, 0.15) is 45.4 Å². The lowest BCUT2D eigenvalue weighted by atomic mass is 9.84. The maximum atomic E-state index is 10.6. The molecule has 0 aromatic heterocycles. The van der Waals surface area contributed by atoms with Crippen molar-refractivity contribution in [1.29, 1.82) is 0 Å². The lowest BCUT2D eigenvalue weighted by Gasteiger charge is -2.39. The summed E-state index contributed by atoms with van der Waals surface area (Å²) in [6.07, 6.45) is 6.97. The minimum atomic E-state index is -0.393. The van der Waals surface area contributed by atoms with Crippen LogP contribution < -0.4 is 0 Å². The molecule has 0 radical (unpaired) electrons. The molecular formula is C14H28N2O. The Labute approximate surface area is 106 Å². The van der Waals surface area contributed by atoms with E-state index in [-0.39, 0.29) is 0 Å². The van der Waals surface area contributed by atoms with E-state index in [1.807, 2.05) is 0 Å². The number of rotatable bonds is 2. The van der Waals surface area contributed by atoms with E-state index < -0.39 is 5.60 Å². The van der Waals surface area contributed by atoms with Crippen molar-refractivity contribution >= 4 is 0 Å². The van der Waals surface area contributed by atoms with E-state index >= 15 is 0 Å². The molecule has 1 atom stereocenters. The Bertz CT molecular complexity index is 238. The monoisotopic (exact) mass is 240 g/mol. The molecule has 3 nitrogen and oxygen atoms in total. The van der Waals surface area contributed by atoms with Gasteiger partial charge in [-0.3, -0.25) is 4.90 Å². The van der Waals surface area contributed by atoms with Crippen LogP contribution in [0.4, 0.5) is 0 Å². The second-order valence-corrected chi connectivity index (χ2v) is 6.22. The summed E-state index contributed by atoms with van der Waals surface area (Å²) < 4.78 is 0. The molecule has 2 fully saturated rings. The molecule has 1 aliphatic heterocycles. The predicted molar refractivity (Wildman–Crippen MR) is 71.2 cm³/mol. The van der Waals surface area contributed by atoms with Gasteiger partial charge < -0.3 is 10.0 Å². The molecule has 0 bridgehead atoms. The van der Waals surface area contributed by atoms with Crippen molar-refractivity contribution in [2.45, 2.75) is 57.1 Å². The Morgan fingerprint density at radius 1 is 1.12 bits per heavy atom. The van der Waals surface area contributed by atoms with Crippen LogP contribution in [0.25, 0.3) is 0 Å². The summed E-state index contributed by atoms with van der Waals surface area (Å²) in [5.74, 6) is 0. The number of hydrogen-bond donors (Lipinski definition) is 1. The number of nitrogens with zero attached hydrogens (tertiary/aromatic N) is 2. The summed E-state index contributed by atoms with van der Waals surface area (Å²) in [6.45, 7) is 6.67. The van der Waals surface area contributed by atoms with Gasteiger partial charge in [0.15, 0.2) is 0 Å². The molecule has 0 aromatic carbocycles. The molecule has 3 heteroatoms. The molecule has 1 saturated carbocycles. The molecule has 1 N–H and O–H groups in total. The van der Waals surface area contributed by atoms with E-state index in [1.165, 1.54) is 32.2 Å². The average Bonchev–Trinajstić information content (AvgIpc) is 2.42. The first kappa shape index (κ1) is 13.3. The van der Waals surface area contributed by atoms with Gasteiger partial charge in [-0.2, -0.15) is 0 Å². The first-order valence-electron chi connectivity index (χ1n) is 7.24. The molecule has 1 heterocycles. The fourth-order valence-corrected chi connectivity index (χ4v) is 3.40. The molecule has 17 heavy (non-hydrogen) atoms. The van der Waals surface area contributed by atoms with Gasteiger partial charge in [0.05, 0.1) is 5.60 Å². The Morgan fingerprint density at radius 3 is 2.53 bits per heavy atom. The topological polar surface area (TPSA) is 26.7 Å². The zero-order valence-electron chi connectivity index (χ0n) is 11.5. The minimum absolute atomic E-state index is 0.393. The van der Waals surface area contributed by atoms with Crippen molar-refractivity contribution in [2.75, 3.05) is 33.2 Å². The summed E-state index contributed by atoms with van der Waals surface area (Å²) >= 11 is 0. The van der Waals surface area contributed by atoms with Crippen LogP contribution in [0.5, 0.6) is 0 Å². The van der Waals surface area contributed by atoms with Gasteiger partial charge in [0.25, 0.3) is 0 Å². The maximum absolute atomic E-state index is 10.6. The Kier molecular flexibility index (Phi) is 4.45. The highest BCUT2D eigenvalue weighted by molar-refractivity contribution is 4.88. The standard InChI is InChI=1S/C14H28N2O/c1-13-11-15(2)9-6-10-16(13)12-14(17)7-4-3-5-8-14/h13,17H,3-12H2,1-2H3. The summed E-state index contributed by atoms with van der Waals surface area (Å²) in [6, 6.07) is 0.577. The van der Waals surface area contributed by atoms with Crippen molar-refractivity contribution in [3.63, 3.8) is 0 Å². The van der Waals surface area contributed by atoms with E-state index in [2.05, 4.69) is 23.8 Å². The summed E-state index contributed by atoms with van der Waals surface area (Å²) in [4.78, 5) is 4.92. The quantitative estimate of drug-likeness (QED) is 0.796. The lowest BCUT2D eigenvalue weighted by molar-refractivity contribution is -0.0335. The van der Waals surface area contributed by atoms with Gasteiger partial charge in [0.1, 0.15) is 0 Å². The van der Waals surface area contributed by atoms with Crippen molar-refractivity contribution in [2.24, 2.45) is 0 Å². The summed E-state index contributed by atoms with van der Waals surface area (Å²) in [5, 5.41) is 10.6. The molecule has 0 amide bonds. The van der Waals surface area contributed by atoms with Crippen LogP contribution in [-0.2, 0) is 0 Å². The van der Waals surface area contributed by atoms with Crippen LogP contribution in [0.3, 0.4) is 0 Å². The summed E-state index contributed by atoms with van der Waals surface area (Å²) in [5.41, 5.74) is -0.393. The largest absolute Gasteiger partial charge is 0.389 e. The highest BCUT2D eigenvalue weighted by Gasteiger charge is 2.33. The Balaban J connectivity index is 1.92. The van der Waals surface area contributed by atoms with Crippen molar-refractivity contribution in [3.8, 4) is 0 Å². The van der Waals surface area contributed by atoms with E-state index in [0.717, 1.165) is 32.5 Å². The maximum Gasteiger partial charge on any atom is 0.0774 e. The second kappa shape index (κ2) is 5.68. The van der Waals surface area contributed by atoms with E-state index in [0.29, 0.717) is 6.04 Å². The van der Waals surface area contributed by atoms with Crippen molar-refractivity contribution < 1.29 is 5.11 Å². The molecule has 2 rings (SSSR count). The van der Waals surface area contributed by atoms with E-state index in [1.54, 1.807) is 0 Å². The molecule has 1 saturated heterocycles. The normalized spacial score (nSPS) is 32.3. The lowest BCUT2D eigenvalue weighted by Crippen LogP contribution is -2.49. The SMILES string of the molecule is CC1CN(C)CCCN1CC1(O)CCCCC1. The minimum Gasteiger partial charge on any atom is -0.389 e. The van der Waals surface area contributed by atoms with Gasteiger partial charge in [-0.05, 0) is 46.3 Å². The van der Waals surface area contributed by atoms with E-state index in [9.17, 15) is 5.11 Å². The van der Waals surface area contributed by atoms with Crippen molar-refractivity contribution in [3.05, 3.63) is 0 Å². The third-order valence-electron chi connectivity index (χ3n) is 4.47. The van der Waals surface area contributed by atoms with Crippen LogP contribution in [0.2, 0.25) is 0 Å². The van der Waals surface area contributed by atoms with E-state index in [4.69, 9.17) is 0 Å². The molecule has 100 valence electrons. The molecule has 0 spiro atoms. The molecule has 1 unspecified atom stereocenters. The number of aliphatic hydroxyl groups is 1. The highest BCUT2D eigenvalue weighted by atomic mass is 16.3. The zero-order chi connectivity index (χ0) is 12.3. The van der Waals surface area contributed by atoms with Crippen LogP contribution >= 0.6 is 0 Å². The first-order chi connectivity index (χ1) is 8.09. The zero-order valence-corrected chi connectivity index (χ0v) is 11.5. The second-order valence-electron chi connectivity index (χ2n) is 6.22. The first-order valence-corrected chi connectivity index (χ1v) is 7.24. The number of β-amino-alcohol motifs (C(OH)–C–C–N with tert-alkyl or cyclic N) is 1. The Hall–Kier alpha value is -0.120. The molecule has 1 aliphatic carbocycles. The van der Waals surface area contributed by atoms with Crippen LogP contribution in [0, 0.1) is 0 Å². The van der Waals surface area contributed by atoms with Gasteiger partial charge in [0, 0.05) is 19.1 Å². The molecular weight excluding hydrogens is 212 g/mol. The van der Waals surface area contributed by atoms with Gasteiger partial charge in [-0.1, -0.05) is 19.3 Å². The smallest absolute Gasteiger partial charge is 0.0774 e. The van der Waals surface area contributed by atoms with Gasteiger partial charge >= 0.3 is 0 Å².